The summed E-state index contributed by atoms with van der Waals surface area (Å²) in [6, 6.07) is 4.78. The number of benzene rings is 1. The highest BCUT2D eigenvalue weighted by Crippen LogP contribution is 2.29. The van der Waals surface area contributed by atoms with Gasteiger partial charge in [0.2, 0.25) is 5.91 Å². The Kier molecular flexibility index (Phi) is 5.64. The fourth-order valence-corrected chi connectivity index (χ4v) is 2.59. The molecule has 0 spiro atoms. The molecule has 0 aliphatic carbocycles. The van der Waals surface area contributed by atoms with Crippen LogP contribution in [0.25, 0.3) is 6.08 Å². The SMILES string of the molecule is COC(=O)C1CCN(C(=O)/C=C/c2cccc(C(F)(F)F)c2)CC1. The van der Waals surface area contributed by atoms with Gasteiger partial charge in [-0.3, -0.25) is 9.59 Å². The molecule has 130 valence electrons. The molecular formula is C17H18F3NO3. The van der Waals surface area contributed by atoms with E-state index in [0.29, 0.717) is 31.5 Å². The van der Waals surface area contributed by atoms with Gasteiger partial charge in [-0.05, 0) is 36.6 Å². The van der Waals surface area contributed by atoms with Gasteiger partial charge in [-0.25, -0.2) is 0 Å². The van der Waals surface area contributed by atoms with Crippen molar-refractivity contribution in [2.75, 3.05) is 20.2 Å². The fraction of sp³-hybridized carbons (Fsp3) is 0.412. The minimum absolute atomic E-state index is 0.202. The standard InChI is InChI=1S/C17H18F3NO3/c1-24-16(23)13-7-9-21(10-8-13)15(22)6-5-12-3-2-4-14(11-12)17(18,19)20/h2-6,11,13H,7-10H2,1H3/b6-5+. The number of carbonyl (C=O) groups is 2. The van der Waals surface area contributed by atoms with Gasteiger partial charge in [-0.2, -0.15) is 13.2 Å². The molecule has 1 amide bonds. The molecule has 1 saturated heterocycles. The molecule has 0 unspecified atom stereocenters. The first-order chi connectivity index (χ1) is 11.3. The number of piperidine rings is 1. The van der Waals surface area contributed by atoms with Gasteiger partial charge in [0.05, 0.1) is 18.6 Å². The summed E-state index contributed by atoms with van der Waals surface area (Å²) in [6.45, 7) is 0.844. The Morgan fingerprint density at radius 3 is 2.50 bits per heavy atom. The molecule has 1 aromatic carbocycles. The van der Waals surface area contributed by atoms with Crippen LogP contribution in [-0.2, 0) is 20.5 Å². The lowest BCUT2D eigenvalue weighted by Crippen LogP contribution is -2.39. The second kappa shape index (κ2) is 7.51. The van der Waals surface area contributed by atoms with Crippen LogP contribution >= 0.6 is 0 Å². The lowest BCUT2D eigenvalue weighted by atomic mass is 9.97. The third kappa shape index (κ3) is 4.59. The van der Waals surface area contributed by atoms with Crippen molar-refractivity contribution < 1.29 is 27.5 Å². The lowest BCUT2D eigenvalue weighted by Gasteiger charge is -2.29. The first-order valence-electron chi connectivity index (χ1n) is 7.53. The second-order valence-electron chi connectivity index (χ2n) is 5.58. The van der Waals surface area contributed by atoms with Gasteiger partial charge in [-0.1, -0.05) is 12.1 Å². The molecule has 1 aliphatic rings. The van der Waals surface area contributed by atoms with Crippen LogP contribution in [0.2, 0.25) is 0 Å². The molecule has 1 aliphatic heterocycles. The van der Waals surface area contributed by atoms with E-state index in [1.807, 2.05) is 0 Å². The van der Waals surface area contributed by atoms with Crippen molar-refractivity contribution in [1.29, 1.82) is 0 Å². The summed E-state index contributed by atoms with van der Waals surface area (Å²) in [4.78, 5) is 25.1. The molecule has 4 nitrogen and oxygen atoms in total. The molecule has 1 heterocycles. The van der Waals surface area contributed by atoms with Gasteiger partial charge < -0.3 is 9.64 Å². The third-order valence-electron chi connectivity index (χ3n) is 3.97. The maximum atomic E-state index is 12.7. The van der Waals surface area contributed by atoms with E-state index in [9.17, 15) is 22.8 Å². The number of esters is 1. The minimum atomic E-state index is -4.41. The van der Waals surface area contributed by atoms with E-state index in [2.05, 4.69) is 4.74 Å². The zero-order chi connectivity index (χ0) is 17.7. The van der Waals surface area contributed by atoms with E-state index in [1.54, 1.807) is 4.90 Å². The third-order valence-corrected chi connectivity index (χ3v) is 3.97. The van der Waals surface area contributed by atoms with Crippen LogP contribution in [0.3, 0.4) is 0 Å². The smallest absolute Gasteiger partial charge is 0.416 e. The van der Waals surface area contributed by atoms with E-state index >= 15 is 0 Å². The largest absolute Gasteiger partial charge is 0.469 e. The summed E-state index contributed by atoms with van der Waals surface area (Å²) >= 11 is 0. The minimum Gasteiger partial charge on any atom is -0.469 e. The van der Waals surface area contributed by atoms with Crippen molar-refractivity contribution >= 4 is 18.0 Å². The molecule has 0 N–H and O–H groups in total. The van der Waals surface area contributed by atoms with Gasteiger partial charge in [0.15, 0.2) is 0 Å². The van der Waals surface area contributed by atoms with Crippen LogP contribution in [0.15, 0.2) is 30.3 Å². The van der Waals surface area contributed by atoms with E-state index in [4.69, 9.17) is 0 Å². The van der Waals surface area contributed by atoms with Gasteiger partial charge in [0.1, 0.15) is 0 Å². The Morgan fingerprint density at radius 2 is 1.92 bits per heavy atom. The zero-order valence-electron chi connectivity index (χ0n) is 13.2. The van der Waals surface area contributed by atoms with Crippen molar-refractivity contribution in [3.8, 4) is 0 Å². The molecule has 0 atom stereocenters. The van der Waals surface area contributed by atoms with E-state index in [-0.39, 0.29) is 17.8 Å². The molecule has 1 fully saturated rings. The van der Waals surface area contributed by atoms with Crippen molar-refractivity contribution in [2.45, 2.75) is 19.0 Å². The summed E-state index contributed by atoms with van der Waals surface area (Å²) in [5, 5.41) is 0. The maximum Gasteiger partial charge on any atom is 0.416 e. The number of ether oxygens (including phenoxy) is 1. The number of hydrogen-bond acceptors (Lipinski definition) is 3. The number of methoxy groups -OCH3 is 1. The number of nitrogens with zero attached hydrogens (tertiary/aromatic N) is 1. The molecule has 7 heteroatoms. The first kappa shape index (κ1) is 18.0. The van der Waals surface area contributed by atoms with Crippen LogP contribution < -0.4 is 0 Å². The number of halogens is 3. The van der Waals surface area contributed by atoms with Gasteiger partial charge in [0, 0.05) is 19.2 Å². The Hall–Kier alpha value is -2.31. The van der Waals surface area contributed by atoms with Crippen molar-refractivity contribution in [3.63, 3.8) is 0 Å². The second-order valence-corrected chi connectivity index (χ2v) is 5.58. The van der Waals surface area contributed by atoms with Crippen molar-refractivity contribution in [3.05, 3.63) is 41.5 Å². The Bertz CT molecular complexity index is 632. The van der Waals surface area contributed by atoms with Crippen LogP contribution in [0.4, 0.5) is 13.2 Å². The predicted molar refractivity (Wildman–Crippen MR) is 81.8 cm³/mol. The summed E-state index contributed by atoms with van der Waals surface area (Å²) in [5.74, 6) is -0.760. The van der Waals surface area contributed by atoms with Crippen LogP contribution in [0.1, 0.15) is 24.0 Å². The highest BCUT2D eigenvalue weighted by atomic mass is 19.4. The topological polar surface area (TPSA) is 46.6 Å². The van der Waals surface area contributed by atoms with E-state index in [0.717, 1.165) is 12.1 Å². The Morgan fingerprint density at radius 1 is 1.25 bits per heavy atom. The quantitative estimate of drug-likeness (QED) is 0.627. The molecular weight excluding hydrogens is 323 g/mol. The summed E-state index contributed by atoms with van der Waals surface area (Å²) in [5.41, 5.74) is -0.446. The summed E-state index contributed by atoms with van der Waals surface area (Å²) in [6.07, 6.45) is -0.743. The van der Waals surface area contributed by atoms with Gasteiger partial charge in [0.25, 0.3) is 0 Å². The number of hydrogen-bond donors (Lipinski definition) is 0. The van der Waals surface area contributed by atoms with Crippen LogP contribution in [0, 0.1) is 5.92 Å². The van der Waals surface area contributed by atoms with Gasteiger partial charge in [-0.15, -0.1) is 0 Å². The average Bonchev–Trinajstić information content (AvgIpc) is 2.58. The van der Waals surface area contributed by atoms with Crippen molar-refractivity contribution in [2.24, 2.45) is 5.92 Å². The molecule has 2 rings (SSSR count). The zero-order valence-corrected chi connectivity index (χ0v) is 13.2. The Labute approximate surface area is 137 Å². The molecule has 0 radical (unpaired) electrons. The number of amides is 1. The van der Waals surface area contributed by atoms with E-state index < -0.39 is 11.7 Å². The highest BCUT2D eigenvalue weighted by Gasteiger charge is 2.30. The van der Waals surface area contributed by atoms with E-state index in [1.165, 1.54) is 31.4 Å². The fourth-order valence-electron chi connectivity index (χ4n) is 2.59. The molecule has 0 bridgehead atoms. The predicted octanol–water partition coefficient (Wildman–Crippen LogP) is 3.13. The molecule has 0 saturated carbocycles. The molecule has 1 aromatic rings. The van der Waals surface area contributed by atoms with Gasteiger partial charge >= 0.3 is 12.1 Å². The number of alkyl halides is 3. The Balaban J connectivity index is 1.96. The molecule has 24 heavy (non-hydrogen) atoms. The highest BCUT2D eigenvalue weighted by molar-refractivity contribution is 5.92. The molecule has 0 aromatic heterocycles. The number of carbonyl (C=O) groups excluding carboxylic acids is 2. The number of likely N-dealkylation sites (tertiary alicyclic amines) is 1. The first-order valence-corrected chi connectivity index (χ1v) is 7.53. The monoisotopic (exact) mass is 341 g/mol. The van der Waals surface area contributed by atoms with Crippen molar-refractivity contribution in [1.82, 2.24) is 4.90 Å². The van der Waals surface area contributed by atoms with Crippen LogP contribution in [-0.4, -0.2) is 37.0 Å². The lowest BCUT2D eigenvalue weighted by molar-refractivity contribution is -0.148. The number of rotatable bonds is 3. The maximum absolute atomic E-state index is 12.7. The van der Waals surface area contributed by atoms with Crippen LogP contribution in [0.5, 0.6) is 0 Å². The normalized spacial score (nSPS) is 16.4. The summed E-state index contributed by atoms with van der Waals surface area (Å²) in [7, 11) is 1.33. The summed E-state index contributed by atoms with van der Waals surface area (Å²) < 4.78 is 42.6. The average molecular weight is 341 g/mol.